The lowest BCUT2D eigenvalue weighted by Crippen LogP contribution is -2.36. The first-order valence-corrected chi connectivity index (χ1v) is 5.91. The normalized spacial score (nSPS) is 10.6. The standard InChI is InChI=1S/C14H15NO3/c1-3-8-15-12-11(13(16)14(12)17)9-6-4-5-7-10(9)18-2/h4-7,15H,3,8H2,1-2H3. The van der Waals surface area contributed by atoms with E-state index in [4.69, 9.17) is 4.74 Å². The van der Waals surface area contributed by atoms with Gasteiger partial charge < -0.3 is 10.1 Å². The topological polar surface area (TPSA) is 55.4 Å². The summed E-state index contributed by atoms with van der Waals surface area (Å²) in [5.41, 5.74) is 0.628. The molecule has 0 aliphatic carbocycles. The molecule has 0 heterocycles. The van der Waals surface area contributed by atoms with Gasteiger partial charge in [-0.25, -0.2) is 0 Å². The number of anilines is 1. The number of hydrogen-bond donors (Lipinski definition) is 1. The molecular formula is C14H15NO3. The van der Waals surface area contributed by atoms with Crippen LogP contribution < -0.4 is 20.9 Å². The van der Waals surface area contributed by atoms with Gasteiger partial charge in [0.2, 0.25) is 10.9 Å². The Kier molecular flexibility index (Phi) is 3.46. The molecule has 0 spiro atoms. The van der Waals surface area contributed by atoms with Crippen molar-refractivity contribution in [2.24, 2.45) is 0 Å². The highest BCUT2D eigenvalue weighted by atomic mass is 16.5. The van der Waals surface area contributed by atoms with E-state index in [0.717, 1.165) is 6.42 Å². The van der Waals surface area contributed by atoms with Gasteiger partial charge in [-0.05, 0) is 12.5 Å². The summed E-state index contributed by atoms with van der Waals surface area (Å²) in [6.45, 7) is 2.67. The predicted molar refractivity (Wildman–Crippen MR) is 72.1 cm³/mol. The van der Waals surface area contributed by atoms with Crippen molar-refractivity contribution in [1.29, 1.82) is 0 Å². The number of hydrogen-bond acceptors (Lipinski definition) is 4. The van der Waals surface area contributed by atoms with Gasteiger partial charge >= 0.3 is 0 Å². The molecule has 2 rings (SSSR count). The summed E-state index contributed by atoms with van der Waals surface area (Å²) in [5, 5.41) is 3.00. The summed E-state index contributed by atoms with van der Waals surface area (Å²) in [6.07, 6.45) is 0.893. The maximum absolute atomic E-state index is 11.7. The van der Waals surface area contributed by atoms with Gasteiger partial charge in [0.25, 0.3) is 0 Å². The number of nitrogens with one attached hydrogen (secondary N) is 1. The van der Waals surface area contributed by atoms with Crippen LogP contribution in [0.25, 0.3) is 11.1 Å². The molecule has 0 saturated heterocycles. The maximum atomic E-state index is 11.7. The van der Waals surface area contributed by atoms with E-state index in [-0.39, 0.29) is 0 Å². The lowest BCUT2D eigenvalue weighted by molar-refractivity contribution is 0.416. The highest BCUT2D eigenvalue weighted by Crippen LogP contribution is 2.31. The zero-order valence-corrected chi connectivity index (χ0v) is 10.4. The van der Waals surface area contributed by atoms with E-state index >= 15 is 0 Å². The molecule has 0 aliphatic rings. The van der Waals surface area contributed by atoms with Crippen molar-refractivity contribution in [3.63, 3.8) is 0 Å². The van der Waals surface area contributed by atoms with Crippen LogP contribution in [0.3, 0.4) is 0 Å². The quantitative estimate of drug-likeness (QED) is 0.816. The second kappa shape index (κ2) is 5.04. The number of ether oxygens (including phenoxy) is 1. The third kappa shape index (κ3) is 1.90. The Balaban J connectivity index is 2.48. The molecule has 0 bridgehead atoms. The van der Waals surface area contributed by atoms with Crippen LogP contribution in [0.15, 0.2) is 33.9 Å². The van der Waals surface area contributed by atoms with Gasteiger partial charge in [0.1, 0.15) is 5.75 Å². The van der Waals surface area contributed by atoms with Gasteiger partial charge in [-0.2, -0.15) is 0 Å². The van der Waals surface area contributed by atoms with E-state index in [1.807, 2.05) is 19.1 Å². The smallest absolute Gasteiger partial charge is 0.250 e. The molecule has 2 aromatic carbocycles. The second-order valence-electron chi connectivity index (χ2n) is 4.04. The van der Waals surface area contributed by atoms with E-state index in [9.17, 15) is 9.59 Å². The first-order valence-electron chi connectivity index (χ1n) is 5.91. The molecule has 0 amide bonds. The van der Waals surface area contributed by atoms with E-state index in [2.05, 4.69) is 5.32 Å². The van der Waals surface area contributed by atoms with Crippen LogP contribution in [-0.2, 0) is 0 Å². The van der Waals surface area contributed by atoms with Gasteiger partial charge in [0, 0.05) is 12.1 Å². The fraction of sp³-hybridized carbons (Fsp3) is 0.286. The first kappa shape index (κ1) is 12.4. The minimum Gasteiger partial charge on any atom is -0.496 e. The third-order valence-corrected chi connectivity index (χ3v) is 2.84. The molecule has 4 heteroatoms. The molecule has 0 saturated carbocycles. The Morgan fingerprint density at radius 1 is 1.17 bits per heavy atom. The molecule has 0 unspecified atom stereocenters. The van der Waals surface area contributed by atoms with Crippen molar-refractivity contribution in [2.45, 2.75) is 13.3 Å². The average Bonchev–Trinajstić information content (AvgIpc) is 2.42. The van der Waals surface area contributed by atoms with E-state index < -0.39 is 10.9 Å². The van der Waals surface area contributed by atoms with Crippen molar-refractivity contribution < 1.29 is 4.74 Å². The van der Waals surface area contributed by atoms with Crippen LogP contribution in [0.4, 0.5) is 5.69 Å². The predicted octanol–water partition coefficient (Wildman–Crippen LogP) is 1.78. The molecule has 2 aromatic rings. The number of benzene rings is 1. The molecule has 94 valence electrons. The molecule has 1 N–H and O–H groups in total. The summed E-state index contributed by atoms with van der Waals surface area (Å²) in [7, 11) is 1.55. The largest absolute Gasteiger partial charge is 0.496 e. The van der Waals surface area contributed by atoms with Crippen molar-refractivity contribution in [3.8, 4) is 16.9 Å². The highest BCUT2D eigenvalue weighted by molar-refractivity contribution is 5.85. The Morgan fingerprint density at radius 3 is 2.56 bits per heavy atom. The van der Waals surface area contributed by atoms with E-state index in [0.29, 0.717) is 29.1 Å². The molecular weight excluding hydrogens is 230 g/mol. The molecule has 0 fully saturated rings. The molecule has 0 aliphatic heterocycles. The van der Waals surface area contributed by atoms with Crippen LogP contribution in [-0.4, -0.2) is 13.7 Å². The van der Waals surface area contributed by atoms with Crippen molar-refractivity contribution in [2.75, 3.05) is 19.0 Å². The van der Waals surface area contributed by atoms with Gasteiger partial charge in [0.15, 0.2) is 0 Å². The Labute approximate surface area is 105 Å². The zero-order valence-electron chi connectivity index (χ0n) is 10.4. The number of para-hydroxylation sites is 1. The minimum absolute atomic E-state index is 0.409. The van der Waals surface area contributed by atoms with Gasteiger partial charge in [0.05, 0.1) is 18.4 Å². The Morgan fingerprint density at radius 2 is 1.89 bits per heavy atom. The van der Waals surface area contributed by atoms with E-state index in [1.54, 1.807) is 19.2 Å². The Bertz CT molecular complexity index is 624. The van der Waals surface area contributed by atoms with Crippen LogP contribution in [0, 0.1) is 0 Å². The first-order chi connectivity index (χ1) is 8.70. The summed E-state index contributed by atoms with van der Waals surface area (Å²) >= 11 is 0. The summed E-state index contributed by atoms with van der Waals surface area (Å²) in [5.74, 6) is 0.601. The second-order valence-corrected chi connectivity index (χ2v) is 4.04. The lowest BCUT2D eigenvalue weighted by atomic mass is 9.97. The maximum Gasteiger partial charge on any atom is 0.250 e. The molecule has 18 heavy (non-hydrogen) atoms. The molecule has 0 atom stereocenters. The molecule has 4 nitrogen and oxygen atoms in total. The van der Waals surface area contributed by atoms with Gasteiger partial charge in [-0.1, -0.05) is 25.1 Å². The van der Waals surface area contributed by atoms with Crippen LogP contribution in [0.5, 0.6) is 5.75 Å². The van der Waals surface area contributed by atoms with Gasteiger partial charge in [-0.15, -0.1) is 0 Å². The highest BCUT2D eigenvalue weighted by Gasteiger charge is 2.23. The minimum atomic E-state index is -0.446. The zero-order chi connectivity index (χ0) is 13.1. The van der Waals surface area contributed by atoms with Crippen molar-refractivity contribution >= 4 is 5.69 Å². The molecule has 0 aromatic heterocycles. The van der Waals surface area contributed by atoms with E-state index in [1.165, 1.54) is 0 Å². The average molecular weight is 245 g/mol. The summed E-state index contributed by atoms with van der Waals surface area (Å²) < 4.78 is 5.21. The fourth-order valence-corrected chi connectivity index (χ4v) is 1.92. The SMILES string of the molecule is CCCNc1c(-c2ccccc2OC)c(=O)c1=O. The fourth-order valence-electron chi connectivity index (χ4n) is 1.92. The van der Waals surface area contributed by atoms with Crippen molar-refractivity contribution in [3.05, 3.63) is 44.7 Å². The summed E-state index contributed by atoms with van der Waals surface area (Å²) in [4.78, 5) is 23.2. The third-order valence-electron chi connectivity index (χ3n) is 2.84. The van der Waals surface area contributed by atoms with Crippen LogP contribution in [0.2, 0.25) is 0 Å². The monoisotopic (exact) mass is 245 g/mol. The van der Waals surface area contributed by atoms with Crippen LogP contribution >= 0.6 is 0 Å². The van der Waals surface area contributed by atoms with Crippen LogP contribution in [0.1, 0.15) is 13.3 Å². The number of methoxy groups -OCH3 is 1. The number of rotatable bonds is 5. The lowest BCUT2D eigenvalue weighted by Gasteiger charge is -2.15. The molecule has 0 radical (unpaired) electrons. The van der Waals surface area contributed by atoms with Crippen molar-refractivity contribution in [1.82, 2.24) is 0 Å². The Hall–Kier alpha value is -2.10. The summed E-state index contributed by atoms with van der Waals surface area (Å²) in [6, 6.07) is 7.20. The van der Waals surface area contributed by atoms with Gasteiger partial charge in [-0.3, -0.25) is 9.59 Å².